The Labute approximate surface area is 97.8 Å². The molecule has 0 nitrogen and oxygen atoms in total. The normalized spacial score (nSPS) is 13.0. The van der Waals surface area contributed by atoms with Gasteiger partial charge in [-0.3, -0.25) is 0 Å². The van der Waals surface area contributed by atoms with Gasteiger partial charge in [0.1, 0.15) is 0 Å². The summed E-state index contributed by atoms with van der Waals surface area (Å²) in [5, 5.41) is 0. The van der Waals surface area contributed by atoms with Gasteiger partial charge in [0.25, 0.3) is 0 Å². The van der Waals surface area contributed by atoms with E-state index >= 15 is 0 Å². The first-order chi connectivity index (χ1) is 7.31. The lowest BCUT2D eigenvalue weighted by atomic mass is 9.96. The Kier molecular flexibility index (Phi) is 12.1. The minimum absolute atomic E-state index is 0.935. The van der Waals surface area contributed by atoms with Crippen LogP contribution in [0.15, 0.2) is 0 Å². The van der Waals surface area contributed by atoms with Crippen LogP contribution in [0.25, 0.3) is 0 Å². The molecule has 0 heteroatoms. The molecule has 0 amide bonds. The molecule has 0 fully saturated rings. The molecule has 1 unspecified atom stereocenters. The molecule has 0 aliphatic rings. The molecule has 0 bridgehead atoms. The molecule has 90 valence electrons. The van der Waals surface area contributed by atoms with Crippen LogP contribution in [0, 0.1) is 19.8 Å². The SMILES string of the molecule is [CH2]CCCCCCCC(C)CCCC[CH2]. The van der Waals surface area contributed by atoms with Crippen LogP contribution in [0.1, 0.15) is 77.6 Å². The molecule has 0 aliphatic carbocycles. The first kappa shape index (κ1) is 15.0. The summed E-state index contributed by atoms with van der Waals surface area (Å²) in [5.41, 5.74) is 0. The van der Waals surface area contributed by atoms with Crippen molar-refractivity contribution in [3.63, 3.8) is 0 Å². The molecule has 15 heavy (non-hydrogen) atoms. The Bertz CT molecular complexity index is 107. The molecule has 0 aromatic carbocycles. The van der Waals surface area contributed by atoms with E-state index in [0.29, 0.717) is 0 Å². The van der Waals surface area contributed by atoms with Crippen molar-refractivity contribution in [3.05, 3.63) is 13.8 Å². The van der Waals surface area contributed by atoms with Crippen molar-refractivity contribution in [1.82, 2.24) is 0 Å². The van der Waals surface area contributed by atoms with Gasteiger partial charge >= 0.3 is 0 Å². The second-order valence-corrected chi connectivity index (χ2v) is 4.86. The maximum atomic E-state index is 3.88. The van der Waals surface area contributed by atoms with E-state index in [2.05, 4.69) is 20.8 Å². The quantitative estimate of drug-likeness (QED) is 0.390. The number of rotatable bonds is 11. The molecular weight excluding hydrogens is 180 g/mol. The highest BCUT2D eigenvalue weighted by Gasteiger charge is 2.01. The Hall–Kier alpha value is 0. The molecule has 2 radical (unpaired) electrons. The Morgan fingerprint density at radius 1 is 0.667 bits per heavy atom. The highest BCUT2D eigenvalue weighted by Crippen LogP contribution is 2.17. The van der Waals surface area contributed by atoms with Crippen LogP contribution in [-0.4, -0.2) is 0 Å². The summed E-state index contributed by atoms with van der Waals surface area (Å²) in [6.07, 6.45) is 14.7. The van der Waals surface area contributed by atoms with E-state index in [0.717, 1.165) is 18.8 Å². The number of hydrogen-bond acceptors (Lipinski definition) is 0. The van der Waals surface area contributed by atoms with Crippen LogP contribution >= 0.6 is 0 Å². The van der Waals surface area contributed by atoms with E-state index < -0.39 is 0 Å². The van der Waals surface area contributed by atoms with Crippen LogP contribution in [0.5, 0.6) is 0 Å². The topological polar surface area (TPSA) is 0 Å². The van der Waals surface area contributed by atoms with Crippen molar-refractivity contribution in [2.24, 2.45) is 5.92 Å². The third kappa shape index (κ3) is 11.9. The second-order valence-electron chi connectivity index (χ2n) is 4.86. The molecule has 1 atom stereocenters. The van der Waals surface area contributed by atoms with Crippen LogP contribution in [0.3, 0.4) is 0 Å². The van der Waals surface area contributed by atoms with Gasteiger partial charge in [-0.1, -0.05) is 91.4 Å². The summed E-state index contributed by atoms with van der Waals surface area (Å²) in [5.74, 6) is 0.935. The minimum Gasteiger partial charge on any atom is -0.0625 e. The van der Waals surface area contributed by atoms with Crippen molar-refractivity contribution in [2.75, 3.05) is 0 Å². The zero-order valence-electron chi connectivity index (χ0n) is 10.8. The standard InChI is InChI=1S/C15H30/c1-4-6-8-9-10-12-14-15(3)13-11-7-5-2/h15H,1-2,4-14H2,3H3. The van der Waals surface area contributed by atoms with E-state index in [1.165, 1.54) is 57.8 Å². The summed E-state index contributed by atoms with van der Waals surface area (Å²) < 4.78 is 0. The van der Waals surface area contributed by atoms with Gasteiger partial charge in [-0.15, -0.1) is 0 Å². The lowest BCUT2D eigenvalue weighted by Gasteiger charge is -2.10. The molecular formula is C15H30. The fraction of sp³-hybridized carbons (Fsp3) is 0.867. The van der Waals surface area contributed by atoms with Gasteiger partial charge in [0.15, 0.2) is 0 Å². The van der Waals surface area contributed by atoms with E-state index in [4.69, 9.17) is 0 Å². The molecule has 0 aromatic rings. The summed E-state index contributed by atoms with van der Waals surface area (Å²) in [6.45, 7) is 10.2. The van der Waals surface area contributed by atoms with Gasteiger partial charge in [-0.05, 0) is 5.92 Å². The van der Waals surface area contributed by atoms with Gasteiger partial charge in [0.2, 0.25) is 0 Å². The molecule has 0 N–H and O–H groups in total. The van der Waals surface area contributed by atoms with Gasteiger partial charge < -0.3 is 0 Å². The molecule has 0 saturated heterocycles. The summed E-state index contributed by atoms with van der Waals surface area (Å²) in [6, 6.07) is 0. The van der Waals surface area contributed by atoms with Crippen molar-refractivity contribution in [1.29, 1.82) is 0 Å². The van der Waals surface area contributed by atoms with E-state index in [1.54, 1.807) is 0 Å². The first-order valence-corrected chi connectivity index (χ1v) is 6.89. The second kappa shape index (κ2) is 12.1. The van der Waals surface area contributed by atoms with Gasteiger partial charge in [-0.2, -0.15) is 0 Å². The number of unbranched alkanes of at least 4 members (excludes halogenated alkanes) is 7. The predicted molar refractivity (Wildman–Crippen MR) is 70.7 cm³/mol. The third-order valence-corrected chi connectivity index (χ3v) is 3.14. The maximum absolute atomic E-state index is 3.88. The van der Waals surface area contributed by atoms with Gasteiger partial charge in [0, 0.05) is 0 Å². The lowest BCUT2D eigenvalue weighted by Crippen LogP contribution is -1.94. The van der Waals surface area contributed by atoms with Crippen LogP contribution in [0.4, 0.5) is 0 Å². The first-order valence-electron chi connectivity index (χ1n) is 6.89. The van der Waals surface area contributed by atoms with Crippen LogP contribution in [-0.2, 0) is 0 Å². The molecule has 0 spiro atoms. The van der Waals surface area contributed by atoms with Crippen molar-refractivity contribution in [2.45, 2.75) is 77.6 Å². The summed E-state index contributed by atoms with van der Waals surface area (Å²) in [7, 11) is 0. The van der Waals surface area contributed by atoms with E-state index in [9.17, 15) is 0 Å². The van der Waals surface area contributed by atoms with Crippen molar-refractivity contribution in [3.8, 4) is 0 Å². The Morgan fingerprint density at radius 2 is 1.07 bits per heavy atom. The fourth-order valence-corrected chi connectivity index (χ4v) is 2.01. The number of hydrogen-bond donors (Lipinski definition) is 0. The highest BCUT2D eigenvalue weighted by molar-refractivity contribution is 4.55. The van der Waals surface area contributed by atoms with Crippen molar-refractivity contribution >= 4 is 0 Å². The highest BCUT2D eigenvalue weighted by atomic mass is 14.1. The third-order valence-electron chi connectivity index (χ3n) is 3.14. The Balaban J connectivity index is 3.06. The average molecular weight is 210 g/mol. The molecule has 0 rings (SSSR count). The predicted octanol–water partition coefficient (Wildman–Crippen LogP) is 5.58. The zero-order chi connectivity index (χ0) is 11.4. The van der Waals surface area contributed by atoms with Crippen LogP contribution < -0.4 is 0 Å². The van der Waals surface area contributed by atoms with Crippen molar-refractivity contribution < 1.29 is 0 Å². The lowest BCUT2D eigenvalue weighted by molar-refractivity contribution is 0.439. The maximum Gasteiger partial charge on any atom is -0.0443 e. The molecule has 0 saturated carbocycles. The van der Waals surface area contributed by atoms with Crippen LogP contribution in [0.2, 0.25) is 0 Å². The smallest absolute Gasteiger partial charge is 0.0443 e. The van der Waals surface area contributed by atoms with Gasteiger partial charge in [0.05, 0.1) is 0 Å². The monoisotopic (exact) mass is 210 g/mol. The Morgan fingerprint density at radius 3 is 1.67 bits per heavy atom. The van der Waals surface area contributed by atoms with E-state index in [-0.39, 0.29) is 0 Å². The largest absolute Gasteiger partial charge is 0.0625 e. The molecule has 0 aliphatic heterocycles. The molecule has 0 heterocycles. The summed E-state index contributed by atoms with van der Waals surface area (Å²) in [4.78, 5) is 0. The average Bonchev–Trinajstić information content (AvgIpc) is 2.23. The minimum atomic E-state index is 0.935. The van der Waals surface area contributed by atoms with E-state index in [1.807, 2.05) is 0 Å². The summed E-state index contributed by atoms with van der Waals surface area (Å²) >= 11 is 0. The zero-order valence-corrected chi connectivity index (χ0v) is 10.8. The molecule has 0 aromatic heterocycles. The van der Waals surface area contributed by atoms with Gasteiger partial charge in [-0.25, -0.2) is 0 Å². The fourth-order valence-electron chi connectivity index (χ4n) is 2.01.